The highest BCUT2D eigenvalue weighted by molar-refractivity contribution is 5.91. The van der Waals surface area contributed by atoms with Crippen molar-refractivity contribution in [2.45, 2.75) is 6.54 Å². The van der Waals surface area contributed by atoms with Gasteiger partial charge in [-0.15, -0.1) is 5.10 Å². The first-order valence-electron chi connectivity index (χ1n) is 8.34. The van der Waals surface area contributed by atoms with Gasteiger partial charge in [-0.2, -0.15) is 5.10 Å². The average molecular weight is 365 g/mol. The number of benzene rings is 1. The Morgan fingerprint density at radius 1 is 1.22 bits per heavy atom. The number of carbonyl (C=O) groups excluding carboxylic acids is 1. The summed E-state index contributed by atoms with van der Waals surface area (Å²) in [7, 11) is 1.60. The smallest absolute Gasteiger partial charge is 0.266 e. The summed E-state index contributed by atoms with van der Waals surface area (Å²) >= 11 is 0. The molecule has 3 aromatic rings. The van der Waals surface area contributed by atoms with Crippen LogP contribution in [0.1, 0.15) is 5.56 Å². The van der Waals surface area contributed by atoms with Crippen LogP contribution in [0.3, 0.4) is 0 Å². The summed E-state index contributed by atoms with van der Waals surface area (Å²) < 4.78 is 7.95. The van der Waals surface area contributed by atoms with E-state index in [-0.39, 0.29) is 24.6 Å². The highest BCUT2D eigenvalue weighted by atomic mass is 16.5. The van der Waals surface area contributed by atoms with E-state index in [9.17, 15) is 9.59 Å². The normalized spacial score (nSPS) is 10.9. The second-order valence-corrected chi connectivity index (χ2v) is 5.60. The number of hydrogen-bond acceptors (Lipinski definition) is 5. The second kappa shape index (κ2) is 8.61. The Morgan fingerprint density at radius 2 is 2.04 bits per heavy atom. The van der Waals surface area contributed by atoms with Crippen LogP contribution < -0.4 is 15.6 Å². The number of hydrogen-bond donors (Lipinski definition) is 1. The molecule has 3 rings (SSSR count). The van der Waals surface area contributed by atoms with Gasteiger partial charge in [-0.25, -0.2) is 9.36 Å². The van der Waals surface area contributed by atoms with Crippen molar-refractivity contribution >= 4 is 12.0 Å². The van der Waals surface area contributed by atoms with E-state index in [0.29, 0.717) is 5.82 Å². The molecule has 0 aliphatic heterocycles. The third kappa shape index (κ3) is 4.91. The van der Waals surface area contributed by atoms with Gasteiger partial charge in [-0.1, -0.05) is 12.1 Å². The first kappa shape index (κ1) is 18.1. The summed E-state index contributed by atoms with van der Waals surface area (Å²) in [5, 5.41) is 11.1. The Morgan fingerprint density at radius 3 is 2.74 bits per heavy atom. The van der Waals surface area contributed by atoms with Crippen LogP contribution in [0.4, 0.5) is 0 Å². The number of amides is 1. The number of nitrogens with one attached hydrogen (secondary N) is 1. The van der Waals surface area contributed by atoms with E-state index >= 15 is 0 Å². The Bertz CT molecular complexity index is 975. The second-order valence-electron chi connectivity index (χ2n) is 5.60. The van der Waals surface area contributed by atoms with E-state index in [1.807, 2.05) is 24.3 Å². The maximum atomic E-state index is 11.9. The third-order valence-electron chi connectivity index (χ3n) is 3.76. The lowest BCUT2D eigenvalue weighted by Crippen LogP contribution is -2.31. The van der Waals surface area contributed by atoms with Gasteiger partial charge in [0.15, 0.2) is 5.82 Å². The van der Waals surface area contributed by atoms with Crippen LogP contribution in [0.5, 0.6) is 5.75 Å². The maximum absolute atomic E-state index is 11.9. The summed E-state index contributed by atoms with van der Waals surface area (Å²) in [6.07, 6.45) is 6.52. The fourth-order valence-corrected chi connectivity index (χ4v) is 2.36. The number of aromatic nitrogens is 4. The van der Waals surface area contributed by atoms with Gasteiger partial charge in [0.25, 0.3) is 5.56 Å². The number of rotatable bonds is 7. The molecule has 27 heavy (non-hydrogen) atoms. The third-order valence-corrected chi connectivity index (χ3v) is 3.76. The molecule has 0 radical (unpaired) electrons. The number of methoxy groups -OCH3 is 1. The van der Waals surface area contributed by atoms with Crippen LogP contribution in [-0.4, -0.2) is 39.1 Å². The Balaban J connectivity index is 1.54. The monoisotopic (exact) mass is 365 g/mol. The van der Waals surface area contributed by atoms with Gasteiger partial charge in [0, 0.05) is 31.1 Å². The molecule has 2 aromatic heterocycles. The van der Waals surface area contributed by atoms with Crippen LogP contribution in [0.15, 0.2) is 65.7 Å². The van der Waals surface area contributed by atoms with Gasteiger partial charge in [0.1, 0.15) is 5.75 Å². The summed E-state index contributed by atoms with van der Waals surface area (Å²) in [5.74, 6) is 1.04. The lowest BCUT2D eigenvalue weighted by molar-refractivity contribution is -0.116. The molecule has 2 heterocycles. The summed E-state index contributed by atoms with van der Waals surface area (Å²) in [5.41, 5.74) is 0.643. The van der Waals surface area contributed by atoms with E-state index in [1.165, 1.54) is 16.8 Å². The molecule has 0 aliphatic carbocycles. The Hall–Kier alpha value is -3.68. The molecule has 0 saturated heterocycles. The van der Waals surface area contributed by atoms with Crippen molar-refractivity contribution in [3.8, 4) is 11.6 Å². The van der Waals surface area contributed by atoms with Crippen LogP contribution in [-0.2, 0) is 11.3 Å². The van der Waals surface area contributed by atoms with E-state index in [1.54, 1.807) is 42.4 Å². The maximum Gasteiger partial charge on any atom is 0.266 e. The standard InChI is InChI=1S/C19H19N5O3/c1-27-16-6-3-15(4-7-16)5-9-18(25)20-12-14-24-19(26)10-8-17(22-24)23-13-2-11-21-23/h2-11,13H,12,14H2,1H3,(H,20,25)/b9-5+. The van der Waals surface area contributed by atoms with Crippen LogP contribution in [0, 0.1) is 0 Å². The number of ether oxygens (including phenoxy) is 1. The SMILES string of the molecule is COc1ccc(/C=C/C(=O)NCCn2nc(-n3cccn3)ccc2=O)cc1. The summed E-state index contributed by atoms with van der Waals surface area (Å²) in [4.78, 5) is 23.8. The average Bonchev–Trinajstić information content (AvgIpc) is 3.23. The number of carbonyl (C=O) groups is 1. The van der Waals surface area contributed by atoms with Gasteiger partial charge in [-0.3, -0.25) is 9.59 Å². The quantitative estimate of drug-likeness (QED) is 0.637. The summed E-state index contributed by atoms with van der Waals surface area (Å²) in [6, 6.07) is 12.1. The zero-order valence-electron chi connectivity index (χ0n) is 14.8. The van der Waals surface area contributed by atoms with Crippen molar-refractivity contribution < 1.29 is 9.53 Å². The Labute approximate surface area is 155 Å². The predicted octanol–water partition coefficient (Wildman–Crippen LogP) is 1.27. The Kier molecular flexibility index (Phi) is 5.78. The highest BCUT2D eigenvalue weighted by Crippen LogP contribution is 2.12. The molecule has 0 saturated carbocycles. The molecule has 0 unspecified atom stereocenters. The molecule has 0 bridgehead atoms. The van der Waals surface area contributed by atoms with E-state index in [4.69, 9.17) is 4.74 Å². The minimum Gasteiger partial charge on any atom is -0.497 e. The zero-order chi connectivity index (χ0) is 19.1. The largest absolute Gasteiger partial charge is 0.497 e. The highest BCUT2D eigenvalue weighted by Gasteiger charge is 2.03. The number of nitrogens with zero attached hydrogens (tertiary/aromatic N) is 4. The van der Waals surface area contributed by atoms with Crippen LogP contribution >= 0.6 is 0 Å². The topological polar surface area (TPSA) is 91.0 Å². The van der Waals surface area contributed by atoms with Gasteiger partial charge < -0.3 is 10.1 Å². The molecule has 1 amide bonds. The van der Waals surface area contributed by atoms with Gasteiger partial charge in [0.05, 0.1) is 13.7 Å². The van der Waals surface area contributed by atoms with Crippen molar-refractivity contribution in [2.75, 3.05) is 13.7 Å². The molecule has 1 N–H and O–H groups in total. The van der Waals surface area contributed by atoms with Crippen LogP contribution in [0.25, 0.3) is 11.9 Å². The van der Waals surface area contributed by atoms with E-state index in [2.05, 4.69) is 15.5 Å². The molecule has 0 spiro atoms. The molecule has 1 aromatic carbocycles. The molecule has 0 fully saturated rings. The predicted molar refractivity (Wildman–Crippen MR) is 101 cm³/mol. The molecular formula is C19H19N5O3. The van der Waals surface area contributed by atoms with Gasteiger partial charge >= 0.3 is 0 Å². The van der Waals surface area contributed by atoms with Crippen molar-refractivity contribution in [3.63, 3.8) is 0 Å². The molecule has 138 valence electrons. The van der Waals surface area contributed by atoms with E-state index < -0.39 is 0 Å². The van der Waals surface area contributed by atoms with Gasteiger partial charge in [-0.05, 0) is 35.9 Å². The van der Waals surface area contributed by atoms with Crippen molar-refractivity contribution in [1.82, 2.24) is 24.9 Å². The lowest BCUT2D eigenvalue weighted by atomic mass is 10.2. The first-order valence-corrected chi connectivity index (χ1v) is 8.34. The fourth-order valence-electron chi connectivity index (χ4n) is 2.36. The minimum atomic E-state index is -0.248. The first-order chi connectivity index (χ1) is 13.2. The molecule has 8 nitrogen and oxygen atoms in total. The molecule has 0 atom stereocenters. The zero-order valence-corrected chi connectivity index (χ0v) is 14.8. The molecule has 8 heteroatoms. The van der Waals surface area contributed by atoms with E-state index in [0.717, 1.165) is 11.3 Å². The summed E-state index contributed by atoms with van der Waals surface area (Å²) in [6.45, 7) is 0.539. The molecular weight excluding hydrogens is 346 g/mol. The van der Waals surface area contributed by atoms with Crippen molar-refractivity contribution in [1.29, 1.82) is 0 Å². The fraction of sp³-hybridized carbons (Fsp3) is 0.158. The van der Waals surface area contributed by atoms with Crippen molar-refractivity contribution in [3.05, 3.63) is 76.9 Å². The van der Waals surface area contributed by atoms with Crippen molar-refractivity contribution in [2.24, 2.45) is 0 Å². The molecule has 0 aliphatic rings. The minimum absolute atomic E-state index is 0.242. The lowest BCUT2D eigenvalue weighted by Gasteiger charge is -2.07. The van der Waals surface area contributed by atoms with Crippen LogP contribution in [0.2, 0.25) is 0 Å². The van der Waals surface area contributed by atoms with Gasteiger partial charge in [0.2, 0.25) is 5.91 Å².